The number of aromatic nitrogens is 2. The number of rotatable bonds is 7. The molecule has 1 heterocycles. The first-order valence-electron chi connectivity index (χ1n) is 8.09. The molecule has 0 amide bonds. The first-order chi connectivity index (χ1) is 11.7. The van der Waals surface area contributed by atoms with Crippen molar-refractivity contribution in [2.24, 2.45) is 0 Å². The number of aliphatic hydroxyl groups excluding tert-OH is 1. The Kier molecular flexibility index (Phi) is 5.01. The zero-order valence-electron chi connectivity index (χ0n) is 14.0. The molecule has 3 rings (SSSR count). The van der Waals surface area contributed by atoms with Gasteiger partial charge in [-0.1, -0.05) is 24.3 Å². The maximum Gasteiger partial charge on any atom is 0.161 e. The fraction of sp³-hybridized carbons (Fsp3) is 0.316. The summed E-state index contributed by atoms with van der Waals surface area (Å²) in [5.41, 5.74) is 1.93. The van der Waals surface area contributed by atoms with Crippen LogP contribution in [-0.4, -0.2) is 28.4 Å². The van der Waals surface area contributed by atoms with Crippen molar-refractivity contribution in [1.82, 2.24) is 9.55 Å². The van der Waals surface area contributed by atoms with E-state index in [-0.39, 0.29) is 0 Å². The van der Waals surface area contributed by atoms with Crippen LogP contribution < -0.4 is 9.47 Å². The van der Waals surface area contributed by atoms with Crippen LogP contribution in [0.5, 0.6) is 11.5 Å². The van der Waals surface area contributed by atoms with Gasteiger partial charge in [-0.05, 0) is 37.6 Å². The SMILES string of the molecule is COc1ccccc1OCCCn1c(C(C)O)nc2ccccc21. The third-order valence-electron chi connectivity index (χ3n) is 3.91. The second-order valence-corrected chi connectivity index (χ2v) is 5.64. The zero-order valence-corrected chi connectivity index (χ0v) is 14.0. The third kappa shape index (κ3) is 3.36. The molecule has 1 atom stereocenters. The molecular weight excluding hydrogens is 304 g/mol. The van der Waals surface area contributed by atoms with E-state index < -0.39 is 6.10 Å². The average molecular weight is 326 g/mol. The largest absolute Gasteiger partial charge is 0.493 e. The van der Waals surface area contributed by atoms with E-state index in [0.717, 1.165) is 35.5 Å². The van der Waals surface area contributed by atoms with Gasteiger partial charge in [0.2, 0.25) is 0 Å². The van der Waals surface area contributed by atoms with E-state index in [9.17, 15) is 5.11 Å². The third-order valence-corrected chi connectivity index (χ3v) is 3.91. The van der Waals surface area contributed by atoms with Crippen LogP contribution >= 0.6 is 0 Å². The average Bonchev–Trinajstić information content (AvgIpc) is 2.98. The van der Waals surface area contributed by atoms with Crippen LogP contribution in [0.25, 0.3) is 11.0 Å². The fourth-order valence-electron chi connectivity index (χ4n) is 2.79. The summed E-state index contributed by atoms with van der Waals surface area (Å²) in [6.07, 6.45) is 0.200. The summed E-state index contributed by atoms with van der Waals surface area (Å²) < 4.78 is 13.2. The summed E-state index contributed by atoms with van der Waals surface area (Å²) in [7, 11) is 1.63. The topological polar surface area (TPSA) is 56.5 Å². The number of nitrogens with zero attached hydrogens (tertiary/aromatic N) is 2. The lowest BCUT2D eigenvalue weighted by Gasteiger charge is -2.13. The van der Waals surface area contributed by atoms with Crippen LogP contribution in [0.3, 0.4) is 0 Å². The van der Waals surface area contributed by atoms with Crippen molar-refractivity contribution in [1.29, 1.82) is 0 Å². The van der Waals surface area contributed by atoms with Crippen LogP contribution in [0, 0.1) is 0 Å². The Labute approximate surface area is 141 Å². The van der Waals surface area contributed by atoms with Crippen molar-refractivity contribution in [2.75, 3.05) is 13.7 Å². The first kappa shape index (κ1) is 16.3. The molecule has 24 heavy (non-hydrogen) atoms. The van der Waals surface area contributed by atoms with Crippen LogP contribution in [0.15, 0.2) is 48.5 Å². The molecule has 5 nitrogen and oxygen atoms in total. The molecule has 3 aromatic rings. The van der Waals surface area contributed by atoms with E-state index in [1.165, 1.54) is 0 Å². The molecule has 0 spiro atoms. The van der Waals surface area contributed by atoms with Gasteiger partial charge in [0, 0.05) is 6.54 Å². The molecule has 0 fully saturated rings. The highest BCUT2D eigenvalue weighted by atomic mass is 16.5. The number of aliphatic hydroxyl groups is 1. The van der Waals surface area contributed by atoms with Gasteiger partial charge >= 0.3 is 0 Å². The maximum atomic E-state index is 9.98. The number of methoxy groups -OCH3 is 1. The second kappa shape index (κ2) is 7.36. The molecule has 0 aliphatic carbocycles. The lowest BCUT2D eigenvalue weighted by Crippen LogP contribution is -2.10. The molecule has 0 bridgehead atoms. The van der Waals surface area contributed by atoms with Gasteiger partial charge in [-0.3, -0.25) is 0 Å². The van der Waals surface area contributed by atoms with E-state index in [4.69, 9.17) is 9.47 Å². The lowest BCUT2D eigenvalue weighted by molar-refractivity contribution is 0.183. The first-order valence-corrected chi connectivity index (χ1v) is 8.09. The van der Waals surface area contributed by atoms with Crippen molar-refractivity contribution < 1.29 is 14.6 Å². The van der Waals surface area contributed by atoms with Gasteiger partial charge in [-0.2, -0.15) is 0 Å². The number of imidazole rings is 1. The monoisotopic (exact) mass is 326 g/mol. The normalized spacial score (nSPS) is 12.3. The zero-order chi connectivity index (χ0) is 16.9. The van der Waals surface area contributed by atoms with Gasteiger partial charge in [0.25, 0.3) is 0 Å². The van der Waals surface area contributed by atoms with Crippen molar-refractivity contribution >= 4 is 11.0 Å². The van der Waals surface area contributed by atoms with Crippen molar-refractivity contribution in [3.8, 4) is 11.5 Å². The minimum Gasteiger partial charge on any atom is -0.493 e. The highest BCUT2D eigenvalue weighted by molar-refractivity contribution is 5.75. The smallest absolute Gasteiger partial charge is 0.161 e. The number of aryl methyl sites for hydroxylation is 1. The van der Waals surface area contributed by atoms with Gasteiger partial charge < -0.3 is 19.1 Å². The molecule has 0 radical (unpaired) electrons. The maximum absolute atomic E-state index is 9.98. The molecule has 0 aliphatic heterocycles. The molecule has 1 N–H and O–H groups in total. The van der Waals surface area contributed by atoms with Crippen LogP contribution in [-0.2, 0) is 6.54 Å². The molecule has 0 saturated heterocycles. The summed E-state index contributed by atoms with van der Waals surface area (Å²) in [5.74, 6) is 2.16. The second-order valence-electron chi connectivity index (χ2n) is 5.64. The minimum atomic E-state index is -0.604. The molecule has 1 aromatic heterocycles. The van der Waals surface area contributed by atoms with Crippen LogP contribution in [0.2, 0.25) is 0 Å². The number of benzene rings is 2. The molecular formula is C19H22N2O3. The summed E-state index contributed by atoms with van der Waals surface area (Å²) in [6, 6.07) is 15.5. The van der Waals surface area contributed by atoms with Gasteiger partial charge in [-0.25, -0.2) is 4.98 Å². The molecule has 1 unspecified atom stereocenters. The van der Waals surface area contributed by atoms with Gasteiger partial charge in [0.1, 0.15) is 11.9 Å². The van der Waals surface area contributed by atoms with E-state index in [1.807, 2.05) is 48.5 Å². The van der Waals surface area contributed by atoms with E-state index in [2.05, 4.69) is 9.55 Å². The van der Waals surface area contributed by atoms with Crippen LogP contribution in [0.1, 0.15) is 25.3 Å². The Balaban J connectivity index is 1.68. The minimum absolute atomic E-state index is 0.562. The number of ether oxygens (including phenoxy) is 2. The standard InChI is InChI=1S/C19H22N2O3/c1-14(22)19-20-15-8-3-4-9-16(15)21(19)12-7-13-24-18-11-6-5-10-17(18)23-2/h3-6,8-11,14,22H,7,12-13H2,1-2H3. The van der Waals surface area contributed by atoms with Crippen molar-refractivity contribution in [3.63, 3.8) is 0 Å². The predicted octanol–water partition coefficient (Wildman–Crippen LogP) is 3.57. The molecule has 5 heteroatoms. The summed E-state index contributed by atoms with van der Waals surface area (Å²) in [4.78, 5) is 4.53. The number of hydrogen-bond donors (Lipinski definition) is 1. The number of para-hydroxylation sites is 4. The summed E-state index contributed by atoms with van der Waals surface area (Å²) >= 11 is 0. The van der Waals surface area contributed by atoms with Gasteiger partial charge in [-0.15, -0.1) is 0 Å². The van der Waals surface area contributed by atoms with Crippen LogP contribution in [0.4, 0.5) is 0 Å². The summed E-state index contributed by atoms with van der Waals surface area (Å²) in [5, 5.41) is 9.98. The van der Waals surface area contributed by atoms with E-state index in [1.54, 1.807) is 14.0 Å². The highest BCUT2D eigenvalue weighted by Crippen LogP contribution is 2.26. The Morgan fingerprint density at radius 3 is 2.54 bits per heavy atom. The molecule has 0 aliphatic rings. The quantitative estimate of drug-likeness (QED) is 0.674. The Morgan fingerprint density at radius 1 is 1.08 bits per heavy atom. The predicted molar refractivity (Wildman–Crippen MR) is 93.5 cm³/mol. The Bertz CT molecular complexity index is 811. The highest BCUT2D eigenvalue weighted by Gasteiger charge is 2.14. The molecule has 2 aromatic carbocycles. The molecule has 126 valence electrons. The van der Waals surface area contributed by atoms with Gasteiger partial charge in [0.05, 0.1) is 24.8 Å². The fourth-order valence-corrected chi connectivity index (χ4v) is 2.79. The van der Waals surface area contributed by atoms with Crippen molar-refractivity contribution in [2.45, 2.75) is 26.0 Å². The number of fused-ring (bicyclic) bond motifs is 1. The lowest BCUT2D eigenvalue weighted by atomic mass is 10.3. The summed E-state index contributed by atoms with van der Waals surface area (Å²) in [6.45, 7) is 3.03. The Morgan fingerprint density at radius 2 is 1.79 bits per heavy atom. The Hall–Kier alpha value is -2.53. The van der Waals surface area contributed by atoms with Gasteiger partial charge in [0.15, 0.2) is 11.5 Å². The van der Waals surface area contributed by atoms with Crippen molar-refractivity contribution in [3.05, 3.63) is 54.4 Å². The molecule has 0 saturated carbocycles. The number of hydrogen-bond acceptors (Lipinski definition) is 4. The van der Waals surface area contributed by atoms with E-state index in [0.29, 0.717) is 12.4 Å². The van der Waals surface area contributed by atoms with E-state index >= 15 is 0 Å².